The molecule has 0 aliphatic rings. The van der Waals surface area contributed by atoms with Crippen molar-refractivity contribution in [3.8, 4) is 0 Å². The van der Waals surface area contributed by atoms with E-state index in [1.165, 1.54) is 0 Å². The Morgan fingerprint density at radius 2 is 2.31 bits per heavy atom. The van der Waals surface area contributed by atoms with Gasteiger partial charge >= 0.3 is 6.09 Å². The van der Waals surface area contributed by atoms with E-state index in [0.717, 1.165) is 10.0 Å². The molecule has 0 saturated carbocycles. The number of halogens is 2. The lowest BCUT2D eigenvalue weighted by Crippen LogP contribution is -2.23. The number of nitrogens with one attached hydrogen (secondary N) is 1. The predicted molar refractivity (Wildman–Crippen MR) is 66.4 cm³/mol. The molecule has 88 valence electrons. The third-order valence-corrected chi connectivity index (χ3v) is 2.83. The van der Waals surface area contributed by atoms with Gasteiger partial charge in [-0.15, -0.1) is 0 Å². The van der Waals surface area contributed by atoms with Crippen LogP contribution in [0.1, 0.15) is 5.56 Å². The van der Waals surface area contributed by atoms with Crippen LogP contribution in [-0.2, 0) is 11.3 Å². The smallest absolute Gasteiger partial charge is 0.404 e. The van der Waals surface area contributed by atoms with Crippen LogP contribution in [0.2, 0.25) is 5.02 Å². The zero-order valence-electron chi connectivity index (χ0n) is 8.50. The molecule has 0 radical (unpaired) electrons. The summed E-state index contributed by atoms with van der Waals surface area (Å²) >= 11 is 9.22. The fourth-order valence-electron chi connectivity index (χ4n) is 1.11. The molecule has 16 heavy (non-hydrogen) atoms. The van der Waals surface area contributed by atoms with Crippen LogP contribution in [0, 0.1) is 0 Å². The summed E-state index contributed by atoms with van der Waals surface area (Å²) < 4.78 is 5.52. The van der Waals surface area contributed by atoms with E-state index in [9.17, 15) is 4.79 Å². The lowest BCUT2D eigenvalue weighted by atomic mass is 10.2. The summed E-state index contributed by atoms with van der Waals surface area (Å²) in [5.74, 6) is 0. The summed E-state index contributed by atoms with van der Waals surface area (Å²) in [6, 6.07) is 5.58. The first-order valence-electron chi connectivity index (χ1n) is 4.66. The summed E-state index contributed by atoms with van der Waals surface area (Å²) in [5.41, 5.74) is 5.90. The predicted octanol–water partition coefficient (Wildman–Crippen LogP) is 2.29. The van der Waals surface area contributed by atoms with Crippen molar-refractivity contribution >= 4 is 33.6 Å². The van der Waals surface area contributed by atoms with Gasteiger partial charge in [-0.3, -0.25) is 0 Å². The van der Waals surface area contributed by atoms with Crippen LogP contribution < -0.4 is 11.1 Å². The summed E-state index contributed by atoms with van der Waals surface area (Å²) in [6.45, 7) is 1.48. The maximum absolute atomic E-state index is 10.3. The fourth-order valence-corrected chi connectivity index (χ4v) is 1.93. The van der Waals surface area contributed by atoms with Crippen molar-refractivity contribution in [2.24, 2.45) is 5.73 Å². The van der Waals surface area contributed by atoms with Crippen LogP contribution in [0.15, 0.2) is 22.7 Å². The zero-order valence-corrected chi connectivity index (χ0v) is 10.8. The number of hydrogen-bond acceptors (Lipinski definition) is 3. The van der Waals surface area contributed by atoms with Gasteiger partial charge in [0.1, 0.15) is 6.61 Å². The molecule has 0 spiro atoms. The standard InChI is InChI=1S/C10H12BrClN2O2/c11-9-5-8(12)2-1-7(9)6-14-3-4-16-10(13)15/h1-2,5,14H,3-4,6H2,(H2,13,15). The highest BCUT2D eigenvalue weighted by Crippen LogP contribution is 2.21. The van der Waals surface area contributed by atoms with Crippen molar-refractivity contribution in [2.45, 2.75) is 6.54 Å². The van der Waals surface area contributed by atoms with Crippen LogP contribution in [0.3, 0.4) is 0 Å². The van der Waals surface area contributed by atoms with Gasteiger partial charge in [0.25, 0.3) is 0 Å². The highest BCUT2D eigenvalue weighted by atomic mass is 79.9. The van der Waals surface area contributed by atoms with E-state index < -0.39 is 6.09 Å². The Morgan fingerprint density at radius 3 is 2.94 bits per heavy atom. The summed E-state index contributed by atoms with van der Waals surface area (Å²) in [4.78, 5) is 10.3. The molecular weight excluding hydrogens is 295 g/mol. The maximum Gasteiger partial charge on any atom is 0.404 e. The van der Waals surface area contributed by atoms with Gasteiger partial charge in [-0.1, -0.05) is 33.6 Å². The van der Waals surface area contributed by atoms with E-state index in [1.807, 2.05) is 18.2 Å². The van der Waals surface area contributed by atoms with Gasteiger partial charge in [-0.25, -0.2) is 4.79 Å². The van der Waals surface area contributed by atoms with E-state index in [2.05, 4.69) is 26.0 Å². The molecule has 0 atom stereocenters. The van der Waals surface area contributed by atoms with Gasteiger partial charge in [0.2, 0.25) is 0 Å². The number of amides is 1. The van der Waals surface area contributed by atoms with Crippen LogP contribution in [0.25, 0.3) is 0 Å². The molecule has 0 bridgehead atoms. The van der Waals surface area contributed by atoms with Crippen molar-refractivity contribution in [2.75, 3.05) is 13.2 Å². The van der Waals surface area contributed by atoms with Crippen molar-refractivity contribution in [3.63, 3.8) is 0 Å². The first-order valence-corrected chi connectivity index (χ1v) is 5.83. The third-order valence-electron chi connectivity index (χ3n) is 1.85. The van der Waals surface area contributed by atoms with Crippen molar-refractivity contribution in [1.82, 2.24) is 5.32 Å². The Bertz CT molecular complexity index is 374. The van der Waals surface area contributed by atoms with E-state index in [0.29, 0.717) is 18.1 Å². The van der Waals surface area contributed by atoms with Crippen molar-refractivity contribution in [3.05, 3.63) is 33.3 Å². The summed E-state index contributed by atoms with van der Waals surface area (Å²) in [5, 5.41) is 3.80. The number of nitrogens with two attached hydrogens (primary N) is 1. The molecule has 0 aliphatic carbocycles. The minimum absolute atomic E-state index is 0.264. The zero-order chi connectivity index (χ0) is 12.0. The average molecular weight is 308 g/mol. The summed E-state index contributed by atoms with van der Waals surface area (Å²) in [7, 11) is 0. The molecule has 6 heteroatoms. The minimum Gasteiger partial charge on any atom is -0.448 e. The number of carbonyl (C=O) groups excluding carboxylic acids is 1. The lowest BCUT2D eigenvalue weighted by Gasteiger charge is -2.07. The van der Waals surface area contributed by atoms with E-state index in [4.69, 9.17) is 17.3 Å². The normalized spacial score (nSPS) is 10.1. The minimum atomic E-state index is -0.755. The van der Waals surface area contributed by atoms with Crippen molar-refractivity contribution in [1.29, 1.82) is 0 Å². The van der Waals surface area contributed by atoms with Gasteiger partial charge in [-0.2, -0.15) is 0 Å². The largest absolute Gasteiger partial charge is 0.448 e. The average Bonchev–Trinajstić information content (AvgIpc) is 2.20. The van der Waals surface area contributed by atoms with Crippen LogP contribution in [-0.4, -0.2) is 19.2 Å². The van der Waals surface area contributed by atoms with Gasteiger partial charge in [0, 0.05) is 22.6 Å². The van der Waals surface area contributed by atoms with Gasteiger partial charge in [-0.05, 0) is 17.7 Å². The van der Waals surface area contributed by atoms with Crippen LogP contribution in [0.4, 0.5) is 4.79 Å². The Labute approximate surface area is 107 Å². The number of benzene rings is 1. The third kappa shape index (κ3) is 4.83. The van der Waals surface area contributed by atoms with Crippen LogP contribution in [0.5, 0.6) is 0 Å². The molecule has 0 aliphatic heterocycles. The molecule has 0 aromatic heterocycles. The van der Waals surface area contributed by atoms with E-state index in [1.54, 1.807) is 0 Å². The van der Waals surface area contributed by atoms with E-state index in [-0.39, 0.29) is 6.61 Å². The molecule has 4 nitrogen and oxygen atoms in total. The molecule has 1 amide bonds. The molecular formula is C10H12BrClN2O2. The molecule has 0 heterocycles. The Hall–Kier alpha value is -0.780. The Morgan fingerprint density at radius 1 is 1.56 bits per heavy atom. The molecule has 3 N–H and O–H groups in total. The maximum atomic E-state index is 10.3. The second-order valence-corrected chi connectivity index (χ2v) is 4.37. The van der Waals surface area contributed by atoms with Gasteiger partial charge in [0.15, 0.2) is 0 Å². The van der Waals surface area contributed by atoms with Crippen LogP contribution >= 0.6 is 27.5 Å². The quantitative estimate of drug-likeness (QED) is 0.820. The fraction of sp³-hybridized carbons (Fsp3) is 0.300. The number of rotatable bonds is 5. The molecule has 1 rings (SSSR count). The number of ether oxygens (including phenoxy) is 1. The van der Waals surface area contributed by atoms with E-state index >= 15 is 0 Å². The molecule has 0 unspecified atom stereocenters. The highest BCUT2D eigenvalue weighted by molar-refractivity contribution is 9.10. The topological polar surface area (TPSA) is 64.4 Å². The summed E-state index contributed by atoms with van der Waals surface area (Å²) in [6.07, 6.45) is -0.755. The first-order chi connectivity index (χ1) is 7.59. The molecule has 0 fully saturated rings. The second-order valence-electron chi connectivity index (χ2n) is 3.08. The Balaban J connectivity index is 2.29. The van der Waals surface area contributed by atoms with Gasteiger partial charge < -0.3 is 15.8 Å². The Kier molecular flexibility index (Phi) is 5.59. The second kappa shape index (κ2) is 6.73. The van der Waals surface area contributed by atoms with Gasteiger partial charge in [0.05, 0.1) is 0 Å². The lowest BCUT2D eigenvalue weighted by molar-refractivity contribution is 0.157. The highest BCUT2D eigenvalue weighted by Gasteiger charge is 2.00. The monoisotopic (exact) mass is 306 g/mol. The number of carbonyl (C=O) groups is 1. The number of hydrogen-bond donors (Lipinski definition) is 2. The molecule has 1 aromatic carbocycles. The van der Waals surface area contributed by atoms with Crippen molar-refractivity contribution < 1.29 is 9.53 Å². The first kappa shape index (κ1) is 13.3. The number of primary amides is 1. The SMILES string of the molecule is NC(=O)OCCNCc1ccc(Cl)cc1Br. The molecule has 0 saturated heterocycles. The molecule has 1 aromatic rings.